The maximum atomic E-state index is 12.7. The molecule has 0 amide bonds. The molecule has 53 heavy (non-hydrogen) atoms. The number of hydrogen-bond donors (Lipinski definition) is 0. The molecule has 6 aromatic rings. The predicted octanol–water partition coefficient (Wildman–Crippen LogP) is 14.5. The highest BCUT2D eigenvalue weighted by atomic mass is 19.1. The molecule has 5 aromatic carbocycles. The first kappa shape index (κ1) is 44.8. The lowest BCUT2D eigenvalue weighted by molar-refractivity contribution is -0.753. The number of hydrogen-bond acceptors (Lipinski definition) is 0. The second-order valence-electron chi connectivity index (χ2n) is 17.9. The Morgan fingerprint density at radius 2 is 0.830 bits per heavy atom. The number of halogens is 2. The van der Waals surface area contributed by atoms with Crippen LogP contribution in [0.3, 0.4) is 0 Å². The van der Waals surface area contributed by atoms with Gasteiger partial charge in [0.1, 0.15) is 11.6 Å². The average Bonchev–Trinajstić information content (AvgIpc) is 3.04. The highest BCUT2D eigenvalue weighted by molar-refractivity contribution is 5.86. The van der Waals surface area contributed by atoms with Gasteiger partial charge < -0.3 is 0 Å². The van der Waals surface area contributed by atoms with Crippen molar-refractivity contribution >= 4 is 21.5 Å². The lowest BCUT2D eigenvalue weighted by atomic mass is 9.84. The van der Waals surface area contributed by atoms with E-state index in [4.69, 9.17) is 0 Å². The Hall–Kier alpha value is -4.37. The number of aromatic nitrogens is 1. The van der Waals surface area contributed by atoms with Crippen LogP contribution in [0, 0.1) is 25.5 Å². The molecule has 0 bridgehead atoms. The van der Waals surface area contributed by atoms with E-state index in [1.165, 1.54) is 50.4 Å². The summed E-state index contributed by atoms with van der Waals surface area (Å²) in [4.78, 5) is 0. The predicted molar refractivity (Wildman–Crippen MR) is 228 cm³/mol. The van der Waals surface area contributed by atoms with Gasteiger partial charge in [0.05, 0.1) is 0 Å². The Bertz CT molecular complexity index is 1910. The largest absolute Gasteiger partial charge is 0.207 e. The summed E-state index contributed by atoms with van der Waals surface area (Å²) < 4.78 is 27.7. The minimum Gasteiger partial charge on any atom is -0.207 e. The van der Waals surface area contributed by atoms with E-state index in [2.05, 4.69) is 175 Å². The fraction of sp³-hybridized carbons (Fsp3) is 0.380. The molecule has 0 aliphatic carbocycles. The van der Waals surface area contributed by atoms with Gasteiger partial charge in [-0.15, -0.1) is 0 Å². The zero-order valence-electron chi connectivity index (χ0n) is 34.3. The Balaban J connectivity index is 0.000000246. The summed E-state index contributed by atoms with van der Waals surface area (Å²) in [5.41, 5.74) is 6.67. The zero-order chi connectivity index (χ0) is 39.1. The summed E-state index contributed by atoms with van der Waals surface area (Å²) >= 11 is 0. The summed E-state index contributed by atoms with van der Waals surface area (Å²) in [7, 11) is 0. The SMILES string of the molecule is C.CC(C)(C)c1cccc(F)c1.CC(C)(C)c1cccc(F)c1.Cc1c[n+](C(C)(C)C)cc2ccccc12.Cc1cc(C(C)(C)C)cc2ccccc12. The molecular weight excluding hydrogens is 653 g/mol. The fourth-order valence-corrected chi connectivity index (χ4v) is 5.67. The molecule has 0 aliphatic rings. The van der Waals surface area contributed by atoms with Gasteiger partial charge in [0.15, 0.2) is 17.9 Å². The lowest BCUT2D eigenvalue weighted by Crippen LogP contribution is -2.49. The van der Waals surface area contributed by atoms with Crippen molar-refractivity contribution < 1.29 is 13.3 Å². The number of rotatable bonds is 0. The Labute approximate surface area is 321 Å². The van der Waals surface area contributed by atoms with Crippen LogP contribution in [-0.4, -0.2) is 0 Å². The summed E-state index contributed by atoms with van der Waals surface area (Å²) in [6.07, 6.45) is 4.45. The second kappa shape index (κ2) is 18.1. The highest BCUT2D eigenvalue weighted by Gasteiger charge is 2.22. The first-order valence-electron chi connectivity index (χ1n) is 18.4. The van der Waals surface area contributed by atoms with Crippen molar-refractivity contribution in [3.63, 3.8) is 0 Å². The van der Waals surface area contributed by atoms with Gasteiger partial charge in [0, 0.05) is 31.7 Å². The van der Waals surface area contributed by atoms with Gasteiger partial charge in [-0.05, 0) is 98.8 Å². The van der Waals surface area contributed by atoms with E-state index in [9.17, 15) is 8.78 Å². The Morgan fingerprint density at radius 3 is 1.23 bits per heavy atom. The highest BCUT2D eigenvalue weighted by Crippen LogP contribution is 2.28. The second-order valence-corrected chi connectivity index (χ2v) is 17.9. The molecule has 0 unspecified atom stereocenters. The summed E-state index contributed by atoms with van der Waals surface area (Å²) in [6, 6.07) is 35.2. The smallest absolute Gasteiger partial charge is 0.177 e. The first-order valence-corrected chi connectivity index (χ1v) is 18.4. The molecular formula is C50H66F2N+. The van der Waals surface area contributed by atoms with Crippen molar-refractivity contribution in [1.29, 1.82) is 0 Å². The van der Waals surface area contributed by atoms with Crippen LogP contribution in [0.15, 0.2) is 122 Å². The first-order chi connectivity index (χ1) is 24.0. The third-order valence-corrected chi connectivity index (χ3v) is 9.09. The number of pyridine rings is 1. The quantitative estimate of drug-likeness (QED) is 0.138. The lowest BCUT2D eigenvalue weighted by Gasteiger charge is -2.20. The van der Waals surface area contributed by atoms with Crippen LogP contribution in [-0.2, 0) is 21.8 Å². The Morgan fingerprint density at radius 1 is 0.415 bits per heavy atom. The molecule has 284 valence electrons. The van der Waals surface area contributed by atoms with Crippen LogP contribution in [0.25, 0.3) is 21.5 Å². The topological polar surface area (TPSA) is 3.88 Å². The summed E-state index contributed by atoms with van der Waals surface area (Å²) in [6.45, 7) is 30.2. The number of nitrogens with zero attached hydrogens (tertiary/aromatic N) is 1. The molecule has 3 heteroatoms. The minimum atomic E-state index is -0.155. The number of fused-ring (bicyclic) bond motifs is 2. The van der Waals surface area contributed by atoms with E-state index >= 15 is 0 Å². The fourth-order valence-electron chi connectivity index (χ4n) is 5.67. The molecule has 0 atom stereocenters. The van der Waals surface area contributed by atoms with E-state index in [-0.39, 0.29) is 40.8 Å². The van der Waals surface area contributed by atoms with Gasteiger partial charge in [0.25, 0.3) is 0 Å². The van der Waals surface area contributed by atoms with E-state index in [1.807, 2.05) is 12.1 Å². The van der Waals surface area contributed by atoms with Gasteiger partial charge in [0.2, 0.25) is 0 Å². The average molecular weight is 719 g/mol. The number of aryl methyl sites for hydroxylation is 2. The van der Waals surface area contributed by atoms with E-state index < -0.39 is 0 Å². The third-order valence-electron chi connectivity index (χ3n) is 9.09. The molecule has 0 spiro atoms. The van der Waals surface area contributed by atoms with Gasteiger partial charge in [-0.25, -0.2) is 8.78 Å². The van der Waals surface area contributed by atoms with Crippen LogP contribution >= 0.6 is 0 Å². The standard InChI is InChI=1S/C15H18.C14H18N.2C10H13F.CH4/c1-11-9-13(15(2,3)4)10-12-7-5-6-8-14(11)12;1-11-9-15(14(2,3)4)10-12-7-5-6-8-13(11)12;2*1-10(2,3)8-5-4-6-9(11)7-8;/h2*5-10H,1-4H3;2*4-7H,1-3H3;1H4/q;+1;;;. The van der Waals surface area contributed by atoms with Crippen molar-refractivity contribution in [2.24, 2.45) is 0 Å². The Kier molecular flexibility index (Phi) is 15.3. The van der Waals surface area contributed by atoms with Gasteiger partial charge in [-0.1, -0.05) is 149 Å². The van der Waals surface area contributed by atoms with Crippen LogP contribution in [0.1, 0.15) is 118 Å². The maximum Gasteiger partial charge on any atom is 0.177 e. The van der Waals surface area contributed by atoms with Gasteiger partial charge >= 0.3 is 0 Å². The molecule has 6 rings (SSSR count). The van der Waals surface area contributed by atoms with Crippen molar-refractivity contribution in [1.82, 2.24) is 0 Å². The molecule has 1 heterocycles. The van der Waals surface area contributed by atoms with Gasteiger partial charge in [-0.2, -0.15) is 4.57 Å². The summed E-state index contributed by atoms with van der Waals surface area (Å²) in [5.74, 6) is -0.310. The maximum absolute atomic E-state index is 12.7. The van der Waals surface area contributed by atoms with Crippen LogP contribution < -0.4 is 4.57 Å². The molecule has 0 saturated heterocycles. The normalized spacial score (nSPS) is 11.6. The number of benzene rings is 5. The van der Waals surface area contributed by atoms with E-state index in [0.29, 0.717) is 0 Å². The van der Waals surface area contributed by atoms with Crippen molar-refractivity contribution in [3.05, 3.63) is 161 Å². The van der Waals surface area contributed by atoms with Crippen LogP contribution in [0.2, 0.25) is 0 Å². The molecule has 0 aliphatic heterocycles. The van der Waals surface area contributed by atoms with E-state index in [1.54, 1.807) is 24.3 Å². The third kappa shape index (κ3) is 13.5. The van der Waals surface area contributed by atoms with Crippen molar-refractivity contribution in [3.8, 4) is 0 Å². The monoisotopic (exact) mass is 719 g/mol. The summed E-state index contributed by atoms with van der Waals surface area (Å²) in [5, 5.41) is 5.37. The van der Waals surface area contributed by atoms with Crippen molar-refractivity contribution in [2.75, 3.05) is 0 Å². The zero-order valence-corrected chi connectivity index (χ0v) is 34.3. The molecule has 1 nitrogen and oxygen atoms in total. The molecule has 1 aromatic heterocycles. The van der Waals surface area contributed by atoms with Crippen molar-refractivity contribution in [2.45, 2.75) is 126 Å². The molecule has 0 fully saturated rings. The molecule has 0 saturated carbocycles. The van der Waals surface area contributed by atoms with Gasteiger partial charge in [-0.3, -0.25) is 0 Å². The molecule has 0 N–H and O–H groups in total. The van der Waals surface area contributed by atoms with E-state index in [0.717, 1.165) is 11.1 Å². The molecule has 0 radical (unpaired) electrons. The minimum absolute atomic E-state index is 0. The van der Waals surface area contributed by atoms with Crippen LogP contribution in [0.5, 0.6) is 0 Å². The van der Waals surface area contributed by atoms with Crippen LogP contribution in [0.4, 0.5) is 8.78 Å².